The van der Waals surface area contributed by atoms with Gasteiger partial charge < -0.3 is 5.32 Å². The second-order valence-corrected chi connectivity index (χ2v) is 4.53. The molecule has 0 bridgehead atoms. The molecular formula is C12H13F3N2O2. The fourth-order valence-electron chi connectivity index (χ4n) is 2.29. The van der Waals surface area contributed by atoms with Crippen LogP contribution in [0.3, 0.4) is 0 Å². The van der Waals surface area contributed by atoms with Crippen molar-refractivity contribution in [2.24, 2.45) is 0 Å². The van der Waals surface area contributed by atoms with Gasteiger partial charge in [0.25, 0.3) is 5.69 Å². The van der Waals surface area contributed by atoms with Gasteiger partial charge in [0.15, 0.2) is 0 Å². The van der Waals surface area contributed by atoms with Crippen molar-refractivity contribution in [2.75, 3.05) is 6.54 Å². The van der Waals surface area contributed by atoms with Crippen LogP contribution in [0.5, 0.6) is 0 Å². The predicted octanol–water partition coefficient (Wildman–Crippen LogP) is 3.43. The third-order valence-electron chi connectivity index (χ3n) is 3.24. The number of alkyl halides is 3. The Hall–Kier alpha value is -1.63. The monoisotopic (exact) mass is 274 g/mol. The summed E-state index contributed by atoms with van der Waals surface area (Å²) >= 11 is 0. The predicted molar refractivity (Wildman–Crippen MR) is 62.7 cm³/mol. The van der Waals surface area contributed by atoms with E-state index in [1.54, 1.807) is 0 Å². The zero-order valence-corrected chi connectivity index (χ0v) is 10.0. The molecule has 0 aliphatic carbocycles. The van der Waals surface area contributed by atoms with E-state index in [9.17, 15) is 23.3 Å². The molecule has 1 aromatic rings. The van der Waals surface area contributed by atoms with Gasteiger partial charge in [-0.05, 0) is 31.5 Å². The first kappa shape index (κ1) is 13.8. The number of nitro benzene ring substituents is 1. The fraction of sp³-hybridized carbons (Fsp3) is 0.500. The summed E-state index contributed by atoms with van der Waals surface area (Å²) in [5.74, 6) is 0. The van der Waals surface area contributed by atoms with Crippen molar-refractivity contribution in [3.05, 3.63) is 39.4 Å². The molecule has 1 unspecified atom stereocenters. The van der Waals surface area contributed by atoms with Crippen LogP contribution in [0, 0.1) is 10.1 Å². The highest BCUT2D eigenvalue weighted by Gasteiger charge is 2.34. The summed E-state index contributed by atoms with van der Waals surface area (Å²) in [5, 5.41) is 14.1. The summed E-state index contributed by atoms with van der Waals surface area (Å²) in [7, 11) is 0. The van der Waals surface area contributed by atoms with Crippen molar-refractivity contribution in [1.82, 2.24) is 5.32 Å². The number of halogens is 3. The Bertz CT molecular complexity index is 482. The highest BCUT2D eigenvalue weighted by molar-refractivity contribution is 5.46. The molecule has 0 amide bonds. The first-order valence-corrected chi connectivity index (χ1v) is 5.98. The zero-order valence-electron chi connectivity index (χ0n) is 10.0. The van der Waals surface area contributed by atoms with E-state index in [2.05, 4.69) is 5.32 Å². The molecule has 7 heteroatoms. The highest BCUT2D eigenvalue weighted by atomic mass is 19.4. The lowest BCUT2D eigenvalue weighted by Gasteiger charge is -2.23. The van der Waals surface area contributed by atoms with Crippen molar-refractivity contribution in [3.8, 4) is 0 Å². The number of piperidine rings is 1. The molecule has 1 aliphatic heterocycles. The molecule has 1 aromatic carbocycles. The van der Waals surface area contributed by atoms with Gasteiger partial charge in [0.05, 0.1) is 10.5 Å². The number of nitrogens with one attached hydrogen (secondary N) is 1. The Morgan fingerprint density at radius 1 is 1.32 bits per heavy atom. The van der Waals surface area contributed by atoms with E-state index in [-0.39, 0.29) is 6.04 Å². The lowest BCUT2D eigenvalue weighted by molar-refractivity contribution is -0.386. The van der Waals surface area contributed by atoms with E-state index in [1.165, 1.54) is 6.07 Å². The fourth-order valence-corrected chi connectivity index (χ4v) is 2.29. The average Bonchev–Trinajstić information content (AvgIpc) is 2.38. The van der Waals surface area contributed by atoms with Gasteiger partial charge in [0.2, 0.25) is 0 Å². The third kappa shape index (κ3) is 3.04. The van der Waals surface area contributed by atoms with Crippen LogP contribution in [0.25, 0.3) is 0 Å². The Labute approximate surface area is 107 Å². The summed E-state index contributed by atoms with van der Waals surface area (Å²) in [5.41, 5.74) is -1.12. The first-order valence-electron chi connectivity index (χ1n) is 5.98. The number of hydrogen-bond donors (Lipinski definition) is 1. The Morgan fingerprint density at radius 2 is 2.05 bits per heavy atom. The second kappa shape index (κ2) is 5.16. The third-order valence-corrected chi connectivity index (χ3v) is 3.24. The van der Waals surface area contributed by atoms with Gasteiger partial charge in [0.1, 0.15) is 0 Å². The summed E-state index contributed by atoms with van der Waals surface area (Å²) in [6.45, 7) is 0.725. The number of rotatable bonds is 2. The van der Waals surface area contributed by atoms with Crippen LogP contribution in [0.2, 0.25) is 0 Å². The summed E-state index contributed by atoms with van der Waals surface area (Å²) in [4.78, 5) is 10.2. The van der Waals surface area contributed by atoms with Crippen molar-refractivity contribution in [2.45, 2.75) is 31.5 Å². The van der Waals surface area contributed by atoms with Crippen molar-refractivity contribution >= 4 is 5.69 Å². The van der Waals surface area contributed by atoms with Gasteiger partial charge in [-0.25, -0.2) is 0 Å². The van der Waals surface area contributed by atoms with Crippen LogP contribution in [0.4, 0.5) is 18.9 Å². The highest BCUT2D eigenvalue weighted by Crippen LogP contribution is 2.36. The Kier molecular flexibility index (Phi) is 3.75. The van der Waals surface area contributed by atoms with Gasteiger partial charge in [-0.3, -0.25) is 10.1 Å². The average molecular weight is 274 g/mol. The second-order valence-electron chi connectivity index (χ2n) is 4.53. The molecule has 2 rings (SSSR count). The molecule has 1 saturated heterocycles. The first-order chi connectivity index (χ1) is 8.89. The lowest BCUT2D eigenvalue weighted by atomic mass is 9.95. The molecule has 1 aliphatic rings. The minimum absolute atomic E-state index is 0.239. The minimum Gasteiger partial charge on any atom is -0.310 e. The van der Waals surface area contributed by atoms with Crippen molar-refractivity contribution in [3.63, 3.8) is 0 Å². The molecule has 19 heavy (non-hydrogen) atoms. The molecule has 1 N–H and O–H groups in total. The maximum atomic E-state index is 12.6. The molecule has 1 atom stereocenters. The number of nitrogens with zero attached hydrogens (tertiary/aromatic N) is 1. The molecule has 1 fully saturated rings. The van der Waals surface area contributed by atoms with Gasteiger partial charge >= 0.3 is 6.18 Å². The summed E-state index contributed by atoms with van der Waals surface area (Å²) in [6.07, 6.45) is -1.98. The van der Waals surface area contributed by atoms with E-state index >= 15 is 0 Å². The minimum atomic E-state index is -4.57. The quantitative estimate of drug-likeness (QED) is 0.664. The molecule has 0 spiro atoms. The Morgan fingerprint density at radius 3 is 2.58 bits per heavy atom. The van der Waals surface area contributed by atoms with E-state index in [4.69, 9.17) is 0 Å². The standard InChI is InChI=1S/C12H13F3N2O2/c13-12(14,15)8-4-5-9(11(7-8)17(18)19)10-3-1-2-6-16-10/h4-5,7,10,16H,1-3,6H2. The van der Waals surface area contributed by atoms with Gasteiger partial charge in [-0.15, -0.1) is 0 Å². The molecule has 104 valence electrons. The van der Waals surface area contributed by atoms with E-state index < -0.39 is 22.4 Å². The summed E-state index contributed by atoms with van der Waals surface area (Å²) < 4.78 is 37.7. The van der Waals surface area contributed by atoms with Gasteiger partial charge in [-0.2, -0.15) is 13.2 Å². The van der Waals surface area contributed by atoms with Crippen molar-refractivity contribution in [1.29, 1.82) is 0 Å². The molecule has 1 heterocycles. The molecule has 4 nitrogen and oxygen atoms in total. The van der Waals surface area contributed by atoms with Crippen LogP contribution in [0.15, 0.2) is 18.2 Å². The maximum Gasteiger partial charge on any atom is 0.416 e. The smallest absolute Gasteiger partial charge is 0.310 e. The molecule has 0 radical (unpaired) electrons. The SMILES string of the molecule is O=[N+]([O-])c1cc(C(F)(F)F)ccc1C1CCCCN1. The van der Waals surface area contributed by atoms with E-state index in [0.717, 1.165) is 25.5 Å². The molecule has 0 aromatic heterocycles. The van der Waals surface area contributed by atoms with Crippen LogP contribution in [0.1, 0.15) is 36.4 Å². The molecule has 0 saturated carbocycles. The topological polar surface area (TPSA) is 55.2 Å². The van der Waals surface area contributed by atoms with Crippen molar-refractivity contribution < 1.29 is 18.1 Å². The Balaban J connectivity index is 2.40. The largest absolute Gasteiger partial charge is 0.416 e. The molecular weight excluding hydrogens is 261 g/mol. The number of hydrogen-bond acceptors (Lipinski definition) is 3. The normalized spacial score (nSPS) is 20.3. The number of nitro groups is 1. The maximum absolute atomic E-state index is 12.6. The lowest BCUT2D eigenvalue weighted by Crippen LogP contribution is -2.27. The van der Waals surface area contributed by atoms with Crippen LogP contribution in [-0.4, -0.2) is 11.5 Å². The van der Waals surface area contributed by atoms with Gasteiger partial charge in [-0.1, -0.05) is 6.42 Å². The zero-order chi connectivity index (χ0) is 14.0. The van der Waals surface area contributed by atoms with Crippen LogP contribution >= 0.6 is 0 Å². The summed E-state index contributed by atoms with van der Waals surface area (Å²) in [6, 6.07) is 2.49. The van der Waals surface area contributed by atoms with Crippen LogP contribution < -0.4 is 5.32 Å². The van der Waals surface area contributed by atoms with E-state index in [0.29, 0.717) is 18.1 Å². The van der Waals surface area contributed by atoms with E-state index in [1.807, 2.05) is 0 Å². The number of benzene rings is 1. The van der Waals surface area contributed by atoms with Gasteiger partial charge in [0, 0.05) is 17.7 Å². The van der Waals surface area contributed by atoms with Crippen LogP contribution in [-0.2, 0) is 6.18 Å².